The zero-order valence-electron chi connectivity index (χ0n) is 17.9. The molecule has 16 heteroatoms. The largest absolute Gasteiger partial charge is 0.545 e. The monoisotopic (exact) mass is 507 g/mol. The molecule has 1 aromatic rings. The highest BCUT2D eigenvalue weighted by Gasteiger charge is 2.50. The van der Waals surface area contributed by atoms with Gasteiger partial charge in [-0.25, -0.2) is 0 Å². The molecular formula is C19H27N2O14-. The lowest BCUT2D eigenvalue weighted by Crippen LogP contribution is -2.65. The van der Waals surface area contributed by atoms with Crippen molar-refractivity contribution in [3.63, 3.8) is 0 Å². The number of hydrogen-bond acceptors (Lipinski definition) is 16. The first-order chi connectivity index (χ1) is 16.5. The van der Waals surface area contributed by atoms with Crippen molar-refractivity contribution in [1.29, 1.82) is 0 Å². The van der Waals surface area contributed by atoms with E-state index < -0.39 is 86.1 Å². The zero-order chi connectivity index (χ0) is 26.0. The number of anilines is 2. The van der Waals surface area contributed by atoms with Crippen molar-refractivity contribution in [3.05, 3.63) is 23.8 Å². The Morgan fingerprint density at radius 3 is 2.14 bits per heavy atom. The number of rotatable bonds is 8. The molecule has 16 nitrogen and oxygen atoms in total. The summed E-state index contributed by atoms with van der Waals surface area (Å²) in [7, 11) is 0. The molecule has 0 spiro atoms. The van der Waals surface area contributed by atoms with Crippen LogP contribution >= 0.6 is 0 Å². The van der Waals surface area contributed by atoms with Gasteiger partial charge < -0.3 is 65.2 Å². The van der Waals surface area contributed by atoms with Crippen molar-refractivity contribution in [1.82, 2.24) is 0 Å². The third-order valence-electron chi connectivity index (χ3n) is 5.70. The van der Waals surface area contributed by atoms with Gasteiger partial charge in [0.05, 0.1) is 24.9 Å². The smallest absolute Gasteiger partial charge is 0.187 e. The Balaban J connectivity index is 1.77. The molecule has 3 rings (SSSR count). The average molecular weight is 507 g/mol. The summed E-state index contributed by atoms with van der Waals surface area (Å²) in [4.78, 5) is 11.2. The van der Waals surface area contributed by atoms with Gasteiger partial charge in [-0.05, 0) is 18.2 Å². The maximum Gasteiger partial charge on any atom is 0.187 e. The lowest BCUT2D eigenvalue weighted by atomic mass is 9.96. The van der Waals surface area contributed by atoms with Crippen LogP contribution in [0.1, 0.15) is 10.4 Å². The van der Waals surface area contributed by atoms with Gasteiger partial charge in [0, 0.05) is 11.3 Å². The van der Waals surface area contributed by atoms with Crippen molar-refractivity contribution >= 4 is 17.3 Å². The number of carboxylic acid groups (broad SMARTS) is 1. The Morgan fingerprint density at radius 1 is 0.914 bits per heavy atom. The van der Waals surface area contributed by atoms with E-state index in [1.165, 1.54) is 0 Å². The molecule has 0 bridgehead atoms. The van der Waals surface area contributed by atoms with Crippen LogP contribution in [0.2, 0.25) is 0 Å². The van der Waals surface area contributed by atoms with E-state index in [-0.39, 0.29) is 16.6 Å². The molecule has 2 fully saturated rings. The van der Waals surface area contributed by atoms with Gasteiger partial charge in [0.1, 0.15) is 48.8 Å². The molecule has 2 heterocycles. The third kappa shape index (κ3) is 5.80. The van der Waals surface area contributed by atoms with Crippen LogP contribution in [0, 0.1) is 0 Å². The first-order valence-corrected chi connectivity index (χ1v) is 10.4. The normalized spacial score (nSPS) is 37.6. The molecule has 198 valence electrons. The Kier molecular flexibility index (Phi) is 8.81. The van der Waals surface area contributed by atoms with E-state index in [4.69, 9.17) is 14.2 Å². The summed E-state index contributed by atoms with van der Waals surface area (Å²) in [6, 6.07) is 2.98. The van der Waals surface area contributed by atoms with Crippen molar-refractivity contribution in [2.75, 3.05) is 23.8 Å². The van der Waals surface area contributed by atoms with Crippen molar-refractivity contribution in [2.24, 2.45) is 0 Å². The summed E-state index contributed by atoms with van der Waals surface area (Å²) in [6.07, 6.45) is -16.2. The Hall–Kier alpha value is -2.19. The number of nitrogens with zero attached hydrogens (tertiary/aromatic N) is 1. The zero-order valence-corrected chi connectivity index (χ0v) is 17.9. The molecule has 10 N–H and O–H groups in total. The molecule has 0 saturated carbocycles. The molecule has 0 unspecified atom stereocenters. The van der Waals surface area contributed by atoms with Crippen LogP contribution in [0.5, 0.6) is 0 Å². The van der Waals surface area contributed by atoms with E-state index in [9.17, 15) is 56.1 Å². The van der Waals surface area contributed by atoms with Gasteiger partial charge in [0.25, 0.3) is 0 Å². The van der Waals surface area contributed by atoms with Crippen LogP contribution in [0.3, 0.4) is 0 Å². The Morgan fingerprint density at radius 2 is 1.57 bits per heavy atom. The molecule has 2 aliphatic heterocycles. The number of carbonyl (C=O) groups is 1. The predicted octanol–water partition coefficient (Wildman–Crippen LogP) is -5.33. The highest BCUT2D eigenvalue weighted by Crippen LogP contribution is 2.30. The van der Waals surface area contributed by atoms with Crippen LogP contribution < -0.4 is 15.6 Å². The number of hydrogen-bond donors (Lipinski definition) is 10. The van der Waals surface area contributed by atoms with Gasteiger partial charge in [-0.3, -0.25) is 10.4 Å². The number of benzene rings is 1. The third-order valence-corrected chi connectivity index (χ3v) is 5.70. The Labute approximate surface area is 197 Å². The molecule has 10 atom stereocenters. The summed E-state index contributed by atoms with van der Waals surface area (Å²) in [5.74, 6) is -1.65. The van der Waals surface area contributed by atoms with E-state index in [0.29, 0.717) is 0 Å². The fourth-order valence-electron chi connectivity index (χ4n) is 3.80. The highest BCUT2D eigenvalue weighted by molar-refractivity contribution is 5.88. The average Bonchev–Trinajstić information content (AvgIpc) is 2.83. The molecule has 35 heavy (non-hydrogen) atoms. The molecule has 0 aliphatic carbocycles. The molecular weight excluding hydrogens is 480 g/mol. The maximum atomic E-state index is 11.2. The van der Waals surface area contributed by atoms with Gasteiger partial charge >= 0.3 is 0 Å². The Bertz CT molecular complexity index is 870. The summed E-state index contributed by atoms with van der Waals surface area (Å²) in [5, 5.41) is 102. The minimum atomic E-state index is -1.82. The number of aromatic carboxylic acids is 1. The van der Waals surface area contributed by atoms with Crippen LogP contribution in [-0.4, -0.2) is 127 Å². The first kappa shape index (κ1) is 27.4. The lowest BCUT2D eigenvalue weighted by molar-refractivity contribution is -0.340. The molecule has 0 amide bonds. The second kappa shape index (κ2) is 11.2. The molecule has 1 aromatic carbocycles. The lowest BCUT2D eigenvalue weighted by Gasteiger charge is -2.46. The van der Waals surface area contributed by atoms with E-state index >= 15 is 0 Å². The van der Waals surface area contributed by atoms with Crippen LogP contribution in [0.15, 0.2) is 18.2 Å². The number of aliphatic hydroxyl groups is 7. The number of aliphatic hydroxyl groups excluding tert-OH is 7. The quantitative estimate of drug-likeness (QED) is 0.147. The summed E-state index contributed by atoms with van der Waals surface area (Å²) >= 11 is 0. The predicted molar refractivity (Wildman–Crippen MR) is 107 cm³/mol. The van der Waals surface area contributed by atoms with Gasteiger partial charge in [-0.15, -0.1) is 5.23 Å². The van der Waals surface area contributed by atoms with Crippen molar-refractivity contribution < 1.29 is 70.3 Å². The molecule has 0 radical (unpaired) electrons. The van der Waals surface area contributed by atoms with Gasteiger partial charge in [-0.2, -0.15) is 0 Å². The fourth-order valence-corrected chi connectivity index (χ4v) is 3.80. The SMILES string of the molecule is O=C([O-])c1cc(N[C@H]2O[C@@H](CO)[C@@H](O[C@@H]3O[C@@H](CO)[C@@H](O)[C@@H](O)[C@H]3O)[C@@H](O)[C@@H]2O)cc(N(O)O)c1. The van der Waals surface area contributed by atoms with Crippen molar-refractivity contribution in [2.45, 2.75) is 61.3 Å². The topological polar surface area (TPSA) is 265 Å². The highest BCUT2D eigenvalue weighted by atomic mass is 16.8. The minimum Gasteiger partial charge on any atom is -0.545 e. The summed E-state index contributed by atoms with van der Waals surface area (Å²) in [6.45, 7) is -1.52. The molecule has 2 aliphatic rings. The summed E-state index contributed by atoms with van der Waals surface area (Å²) in [5.41, 5.74) is -0.954. The van der Waals surface area contributed by atoms with Crippen molar-refractivity contribution in [3.8, 4) is 0 Å². The van der Waals surface area contributed by atoms with E-state index in [1.54, 1.807) is 0 Å². The van der Waals surface area contributed by atoms with Gasteiger partial charge in [0.15, 0.2) is 12.5 Å². The fraction of sp³-hybridized carbons (Fsp3) is 0.632. The number of carboxylic acids is 1. The van der Waals surface area contributed by atoms with Gasteiger partial charge in [0.2, 0.25) is 0 Å². The first-order valence-electron chi connectivity index (χ1n) is 10.4. The number of carbonyl (C=O) groups excluding carboxylic acids is 1. The molecule has 2 saturated heterocycles. The molecule has 0 aromatic heterocycles. The van der Waals surface area contributed by atoms with Crippen LogP contribution in [0.25, 0.3) is 0 Å². The van der Waals surface area contributed by atoms with E-state index in [2.05, 4.69) is 5.32 Å². The second-order valence-electron chi connectivity index (χ2n) is 8.05. The van der Waals surface area contributed by atoms with E-state index in [0.717, 1.165) is 18.2 Å². The summed E-state index contributed by atoms with van der Waals surface area (Å²) < 4.78 is 16.2. The van der Waals surface area contributed by atoms with Crippen LogP contribution in [-0.2, 0) is 14.2 Å². The second-order valence-corrected chi connectivity index (χ2v) is 8.05. The maximum absolute atomic E-state index is 11.2. The van der Waals surface area contributed by atoms with Crippen LogP contribution in [0.4, 0.5) is 11.4 Å². The minimum absolute atomic E-state index is 0.101. The van der Waals surface area contributed by atoms with E-state index in [1.807, 2.05) is 0 Å². The standard InChI is InChI=1S/C19H28N2O14/c22-4-9-11(24)12(25)15(28)19(34-9)35-16-10(5-23)33-17(14(27)13(16)26)20-7-1-6(18(29)30)2-8(3-7)21(31)32/h1-3,9-17,19-20,22-28,31-32H,4-5H2,(H,29,30)/p-1/t9-,10-,11+,12+,13-,14-,15+,16+,17-,19-/m0/s1. The van der Waals surface area contributed by atoms with Gasteiger partial charge in [-0.1, -0.05) is 0 Å². The number of nitrogens with one attached hydrogen (secondary N) is 1. The number of ether oxygens (including phenoxy) is 3.